The van der Waals surface area contributed by atoms with Crippen LogP contribution in [-0.2, 0) is 0 Å². The zero-order chi connectivity index (χ0) is 8.43. The maximum absolute atomic E-state index is 12.5. The van der Waals surface area contributed by atoms with Gasteiger partial charge in [0.05, 0.1) is 10.6 Å². The fourth-order valence-corrected chi connectivity index (χ4v) is 0.818. The zero-order valence-electron chi connectivity index (χ0n) is 5.34. The first-order valence-corrected chi connectivity index (χ1v) is 3.16. The summed E-state index contributed by atoms with van der Waals surface area (Å²) in [6.45, 7) is 0. The molecule has 0 saturated carbocycles. The van der Waals surface area contributed by atoms with Crippen LogP contribution in [0.1, 0.15) is 10.4 Å². The molecular formula is C7H4ClFO2. The van der Waals surface area contributed by atoms with Gasteiger partial charge in [-0.15, -0.1) is 0 Å². The van der Waals surface area contributed by atoms with Crippen molar-refractivity contribution in [3.05, 3.63) is 28.5 Å². The Morgan fingerprint density at radius 1 is 1.55 bits per heavy atom. The van der Waals surface area contributed by atoms with E-state index in [9.17, 15) is 9.18 Å². The van der Waals surface area contributed by atoms with E-state index in [1.807, 2.05) is 0 Å². The molecule has 0 bridgehead atoms. The van der Waals surface area contributed by atoms with E-state index in [1.165, 1.54) is 0 Å². The van der Waals surface area contributed by atoms with Gasteiger partial charge in [-0.3, -0.25) is 4.79 Å². The van der Waals surface area contributed by atoms with E-state index < -0.39 is 11.6 Å². The Hall–Kier alpha value is -1.09. The van der Waals surface area contributed by atoms with Crippen molar-refractivity contribution in [1.29, 1.82) is 0 Å². The SMILES string of the molecule is O=Cc1cc(Cl)c(F)cc1O. The number of halogens is 2. The van der Waals surface area contributed by atoms with Crippen LogP contribution in [0.5, 0.6) is 5.75 Å². The molecule has 0 fully saturated rings. The van der Waals surface area contributed by atoms with Crippen molar-refractivity contribution in [3.8, 4) is 5.75 Å². The van der Waals surface area contributed by atoms with Crippen LogP contribution >= 0.6 is 11.6 Å². The van der Waals surface area contributed by atoms with Crippen LogP contribution in [0.2, 0.25) is 5.02 Å². The van der Waals surface area contributed by atoms with Gasteiger partial charge in [0, 0.05) is 6.07 Å². The molecule has 0 saturated heterocycles. The quantitative estimate of drug-likeness (QED) is 0.662. The molecule has 1 N–H and O–H groups in total. The Balaban J connectivity index is 3.31. The average Bonchev–Trinajstić information content (AvgIpc) is 1.97. The smallest absolute Gasteiger partial charge is 0.153 e. The summed E-state index contributed by atoms with van der Waals surface area (Å²) in [6, 6.07) is 1.87. The highest BCUT2D eigenvalue weighted by molar-refractivity contribution is 6.31. The molecule has 1 rings (SSSR count). The molecular weight excluding hydrogens is 171 g/mol. The molecule has 0 aliphatic carbocycles. The van der Waals surface area contributed by atoms with Crippen LogP contribution in [0.3, 0.4) is 0 Å². The van der Waals surface area contributed by atoms with Crippen molar-refractivity contribution in [3.63, 3.8) is 0 Å². The van der Waals surface area contributed by atoms with Crippen LogP contribution in [0.15, 0.2) is 12.1 Å². The first-order chi connectivity index (χ1) is 5.15. The van der Waals surface area contributed by atoms with Crippen LogP contribution < -0.4 is 0 Å². The van der Waals surface area contributed by atoms with E-state index in [1.54, 1.807) is 0 Å². The molecule has 11 heavy (non-hydrogen) atoms. The Bertz CT molecular complexity index is 299. The van der Waals surface area contributed by atoms with Gasteiger partial charge in [-0.2, -0.15) is 0 Å². The summed E-state index contributed by atoms with van der Waals surface area (Å²) >= 11 is 5.32. The van der Waals surface area contributed by atoms with Gasteiger partial charge in [-0.05, 0) is 6.07 Å². The number of hydrogen-bond acceptors (Lipinski definition) is 2. The lowest BCUT2D eigenvalue weighted by Crippen LogP contribution is -1.84. The molecule has 0 spiro atoms. The summed E-state index contributed by atoms with van der Waals surface area (Å²) in [5.74, 6) is -1.14. The van der Waals surface area contributed by atoms with Gasteiger partial charge in [0.25, 0.3) is 0 Å². The minimum absolute atomic E-state index is 0.0172. The predicted octanol–water partition coefficient (Wildman–Crippen LogP) is 2.00. The van der Waals surface area contributed by atoms with E-state index in [4.69, 9.17) is 16.7 Å². The number of phenolic OH excluding ortho intramolecular Hbond substituents is 1. The second-order valence-electron chi connectivity index (χ2n) is 1.94. The van der Waals surface area contributed by atoms with Gasteiger partial charge in [0.15, 0.2) is 6.29 Å². The van der Waals surface area contributed by atoms with Crippen LogP contribution in [0.25, 0.3) is 0 Å². The van der Waals surface area contributed by atoms with Gasteiger partial charge in [0.2, 0.25) is 0 Å². The molecule has 0 heterocycles. The summed E-state index contributed by atoms with van der Waals surface area (Å²) in [5, 5.41) is 8.71. The van der Waals surface area contributed by atoms with Crippen molar-refractivity contribution < 1.29 is 14.3 Å². The van der Waals surface area contributed by atoms with E-state index in [0.717, 1.165) is 12.1 Å². The van der Waals surface area contributed by atoms with Gasteiger partial charge in [-0.1, -0.05) is 11.6 Å². The fourth-order valence-electron chi connectivity index (χ4n) is 0.646. The van der Waals surface area contributed by atoms with E-state index in [-0.39, 0.29) is 10.6 Å². The standard InChI is InChI=1S/C7H4ClFO2/c8-5-1-4(3-10)7(11)2-6(5)9/h1-3,11H. The van der Waals surface area contributed by atoms with Gasteiger partial charge in [0.1, 0.15) is 11.6 Å². The minimum atomic E-state index is -0.741. The summed E-state index contributed by atoms with van der Waals surface area (Å²) in [5.41, 5.74) is -0.0172. The molecule has 2 nitrogen and oxygen atoms in total. The van der Waals surface area contributed by atoms with Crippen molar-refractivity contribution in [2.45, 2.75) is 0 Å². The minimum Gasteiger partial charge on any atom is -0.507 e. The lowest BCUT2D eigenvalue weighted by molar-refractivity contribution is 0.112. The molecule has 0 aliphatic heterocycles. The Kier molecular flexibility index (Phi) is 2.10. The third-order valence-electron chi connectivity index (χ3n) is 1.20. The Morgan fingerprint density at radius 3 is 2.73 bits per heavy atom. The highest BCUT2D eigenvalue weighted by atomic mass is 35.5. The van der Waals surface area contributed by atoms with Crippen LogP contribution in [-0.4, -0.2) is 11.4 Å². The topological polar surface area (TPSA) is 37.3 Å². The number of phenols is 1. The van der Waals surface area contributed by atoms with Gasteiger partial charge >= 0.3 is 0 Å². The molecule has 0 aromatic heterocycles. The zero-order valence-corrected chi connectivity index (χ0v) is 6.10. The Morgan fingerprint density at radius 2 is 2.18 bits per heavy atom. The number of hydrogen-bond donors (Lipinski definition) is 1. The summed E-state index contributed by atoms with van der Waals surface area (Å²) < 4.78 is 12.5. The number of aromatic hydroxyl groups is 1. The number of aldehydes is 1. The maximum Gasteiger partial charge on any atom is 0.153 e. The van der Waals surface area contributed by atoms with Gasteiger partial charge in [-0.25, -0.2) is 4.39 Å². The lowest BCUT2D eigenvalue weighted by atomic mass is 10.2. The summed E-state index contributed by atoms with van der Waals surface area (Å²) in [4.78, 5) is 10.1. The third-order valence-corrected chi connectivity index (χ3v) is 1.49. The highest BCUT2D eigenvalue weighted by Gasteiger charge is 2.05. The van der Waals surface area contributed by atoms with E-state index in [0.29, 0.717) is 6.29 Å². The van der Waals surface area contributed by atoms with Crippen LogP contribution in [0.4, 0.5) is 4.39 Å². The summed E-state index contributed by atoms with van der Waals surface area (Å²) in [7, 11) is 0. The Labute approximate surface area is 67.2 Å². The molecule has 4 heteroatoms. The lowest BCUT2D eigenvalue weighted by Gasteiger charge is -1.97. The molecule has 0 amide bonds. The van der Waals surface area contributed by atoms with Gasteiger partial charge < -0.3 is 5.11 Å². The van der Waals surface area contributed by atoms with E-state index >= 15 is 0 Å². The highest BCUT2D eigenvalue weighted by Crippen LogP contribution is 2.23. The number of benzene rings is 1. The molecule has 0 aliphatic rings. The maximum atomic E-state index is 12.5. The molecule has 0 atom stereocenters. The normalized spacial score (nSPS) is 9.64. The fraction of sp³-hybridized carbons (Fsp3) is 0. The number of rotatable bonds is 1. The monoisotopic (exact) mass is 174 g/mol. The third kappa shape index (κ3) is 1.49. The molecule has 0 radical (unpaired) electrons. The van der Waals surface area contributed by atoms with Crippen molar-refractivity contribution in [2.24, 2.45) is 0 Å². The molecule has 58 valence electrons. The first kappa shape index (κ1) is 8.01. The van der Waals surface area contributed by atoms with Crippen LogP contribution in [0, 0.1) is 5.82 Å². The molecule has 1 aromatic rings. The second kappa shape index (κ2) is 2.88. The predicted molar refractivity (Wildman–Crippen MR) is 38.5 cm³/mol. The number of carbonyl (C=O) groups excluding carboxylic acids is 1. The molecule has 1 aromatic carbocycles. The number of carbonyl (C=O) groups is 1. The van der Waals surface area contributed by atoms with E-state index in [2.05, 4.69) is 0 Å². The average molecular weight is 175 g/mol. The largest absolute Gasteiger partial charge is 0.507 e. The van der Waals surface area contributed by atoms with Crippen molar-refractivity contribution in [1.82, 2.24) is 0 Å². The summed E-state index contributed by atoms with van der Waals surface area (Å²) in [6.07, 6.45) is 0.403. The molecule has 0 unspecified atom stereocenters. The van der Waals surface area contributed by atoms with Crippen molar-refractivity contribution in [2.75, 3.05) is 0 Å². The first-order valence-electron chi connectivity index (χ1n) is 2.78. The second-order valence-corrected chi connectivity index (χ2v) is 2.35. The van der Waals surface area contributed by atoms with Crippen molar-refractivity contribution >= 4 is 17.9 Å².